The molecule has 0 aliphatic carbocycles. The van der Waals surface area contributed by atoms with Crippen LogP contribution in [0.15, 0.2) is 51.9 Å². The number of benzene rings is 1. The summed E-state index contributed by atoms with van der Waals surface area (Å²) < 4.78 is 5.23. The van der Waals surface area contributed by atoms with Crippen LogP contribution in [0.5, 0.6) is 5.75 Å². The molecule has 0 radical (unpaired) electrons. The standard InChI is InChI=1S/C17H21NO3/c1-17(2,3)16(12-7-5-4-6-8-12)18-10-13-9-14(19)15(20)11-21-13/h4-9,11,16,18,20H,10H2,1-3H3/t16-/m0/s1. The molecule has 4 nitrogen and oxygen atoms in total. The topological polar surface area (TPSA) is 62.5 Å². The Morgan fingerprint density at radius 1 is 1.24 bits per heavy atom. The molecular formula is C17H21NO3. The molecule has 0 spiro atoms. The molecule has 2 rings (SSSR count). The molecule has 1 atom stereocenters. The van der Waals surface area contributed by atoms with E-state index in [9.17, 15) is 9.90 Å². The van der Waals surface area contributed by atoms with E-state index in [0.717, 1.165) is 6.26 Å². The molecule has 1 aromatic carbocycles. The third-order valence-corrected chi connectivity index (χ3v) is 3.35. The minimum atomic E-state index is -0.426. The van der Waals surface area contributed by atoms with Gasteiger partial charge in [-0.25, -0.2) is 0 Å². The summed E-state index contributed by atoms with van der Waals surface area (Å²) in [5.41, 5.74) is 0.773. The Labute approximate surface area is 124 Å². The van der Waals surface area contributed by atoms with Gasteiger partial charge in [-0.2, -0.15) is 0 Å². The second kappa shape index (κ2) is 6.14. The fourth-order valence-corrected chi connectivity index (χ4v) is 2.31. The monoisotopic (exact) mass is 287 g/mol. The van der Waals surface area contributed by atoms with Crippen molar-refractivity contribution < 1.29 is 9.52 Å². The minimum Gasteiger partial charge on any atom is -0.502 e. The van der Waals surface area contributed by atoms with Gasteiger partial charge in [-0.1, -0.05) is 51.1 Å². The molecule has 1 aromatic heterocycles. The molecule has 0 saturated heterocycles. The van der Waals surface area contributed by atoms with Crippen molar-refractivity contribution in [2.45, 2.75) is 33.4 Å². The number of rotatable bonds is 4. The second-order valence-corrected chi connectivity index (χ2v) is 6.19. The summed E-state index contributed by atoms with van der Waals surface area (Å²) in [5, 5.41) is 12.6. The van der Waals surface area contributed by atoms with E-state index in [1.807, 2.05) is 18.2 Å². The lowest BCUT2D eigenvalue weighted by Crippen LogP contribution is -2.32. The van der Waals surface area contributed by atoms with Gasteiger partial charge in [0.15, 0.2) is 5.75 Å². The molecule has 0 fully saturated rings. The fourth-order valence-electron chi connectivity index (χ4n) is 2.31. The Kier molecular flexibility index (Phi) is 4.48. The van der Waals surface area contributed by atoms with E-state index < -0.39 is 5.43 Å². The number of hydrogen-bond donors (Lipinski definition) is 2. The average molecular weight is 287 g/mol. The first-order chi connectivity index (χ1) is 9.88. The largest absolute Gasteiger partial charge is 0.502 e. The van der Waals surface area contributed by atoms with Crippen LogP contribution in [0.25, 0.3) is 0 Å². The van der Waals surface area contributed by atoms with E-state index in [4.69, 9.17) is 4.42 Å². The van der Waals surface area contributed by atoms with Gasteiger partial charge in [0.2, 0.25) is 5.43 Å². The van der Waals surface area contributed by atoms with Crippen LogP contribution in [-0.4, -0.2) is 5.11 Å². The van der Waals surface area contributed by atoms with E-state index in [2.05, 4.69) is 38.2 Å². The van der Waals surface area contributed by atoms with Gasteiger partial charge in [0.1, 0.15) is 12.0 Å². The van der Waals surface area contributed by atoms with E-state index in [1.54, 1.807) is 0 Å². The Balaban J connectivity index is 2.17. The Hall–Kier alpha value is -2.07. The van der Waals surface area contributed by atoms with Crippen molar-refractivity contribution in [1.82, 2.24) is 5.32 Å². The number of nitrogens with one attached hydrogen (secondary N) is 1. The lowest BCUT2D eigenvalue weighted by atomic mass is 9.82. The molecule has 0 bridgehead atoms. The smallest absolute Gasteiger partial charge is 0.226 e. The normalized spacial score (nSPS) is 13.1. The highest BCUT2D eigenvalue weighted by atomic mass is 16.4. The summed E-state index contributed by atoms with van der Waals surface area (Å²) in [5.74, 6) is 0.136. The molecule has 0 unspecified atom stereocenters. The Morgan fingerprint density at radius 2 is 1.90 bits per heavy atom. The summed E-state index contributed by atoms with van der Waals surface area (Å²) in [6, 6.07) is 11.6. The zero-order valence-electron chi connectivity index (χ0n) is 12.6. The summed E-state index contributed by atoms with van der Waals surface area (Å²) >= 11 is 0. The summed E-state index contributed by atoms with van der Waals surface area (Å²) in [4.78, 5) is 11.4. The highest BCUT2D eigenvalue weighted by Gasteiger charge is 2.25. The van der Waals surface area contributed by atoms with Gasteiger partial charge in [0.25, 0.3) is 0 Å². The SMILES string of the molecule is CC(C)(C)[C@@H](NCc1cc(=O)c(O)co1)c1ccccc1. The lowest BCUT2D eigenvalue weighted by molar-refractivity contribution is 0.263. The Morgan fingerprint density at radius 3 is 2.48 bits per heavy atom. The van der Waals surface area contributed by atoms with Crippen molar-refractivity contribution in [3.8, 4) is 5.75 Å². The predicted molar refractivity (Wildman–Crippen MR) is 82.1 cm³/mol. The molecular weight excluding hydrogens is 266 g/mol. The highest BCUT2D eigenvalue weighted by molar-refractivity contribution is 5.21. The van der Waals surface area contributed by atoms with Gasteiger partial charge >= 0.3 is 0 Å². The zero-order valence-corrected chi connectivity index (χ0v) is 12.6. The van der Waals surface area contributed by atoms with Crippen LogP contribution in [0.3, 0.4) is 0 Å². The van der Waals surface area contributed by atoms with Gasteiger partial charge in [-0.15, -0.1) is 0 Å². The minimum absolute atomic E-state index is 0.0125. The average Bonchev–Trinajstić information content (AvgIpc) is 2.43. The van der Waals surface area contributed by atoms with Gasteiger partial charge in [0.05, 0.1) is 6.54 Å². The van der Waals surface area contributed by atoms with Crippen LogP contribution < -0.4 is 10.7 Å². The maximum absolute atomic E-state index is 11.4. The van der Waals surface area contributed by atoms with E-state index in [0.29, 0.717) is 12.3 Å². The molecule has 21 heavy (non-hydrogen) atoms. The first kappa shape index (κ1) is 15.3. The summed E-state index contributed by atoms with van der Waals surface area (Å²) in [6.45, 7) is 6.90. The van der Waals surface area contributed by atoms with Crippen molar-refractivity contribution in [3.05, 3.63) is 64.2 Å². The molecule has 112 valence electrons. The van der Waals surface area contributed by atoms with Crippen LogP contribution in [0.1, 0.15) is 38.1 Å². The first-order valence-corrected chi connectivity index (χ1v) is 6.97. The van der Waals surface area contributed by atoms with Crippen molar-refractivity contribution in [3.63, 3.8) is 0 Å². The van der Waals surface area contributed by atoms with Gasteiger partial charge in [0, 0.05) is 12.1 Å². The second-order valence-electron chi connectivity index (χ2n) is 6.19. The summed E-state index contributed by atoms with van der Waals surface area (Å²) in [7, 11) is 0. The van der Waals surface area contributed by atoms with Crippen LogP contribution in [-0.2, 0) is 6.54 Å². The molecule has 1 heterocycles. The molecule has 0 aliphatic heterocycles. The third kappa shape index (κ3) is 3.95. The van der Waals surface area contributed by atoms with Gasteiger partial charge in [-0.3, -0.25) is 4.79 Å². The van der Waals surface area contributed by atoms with Crippen LogP contribution >= 0.6 is 0 Å². The van der Waals surface area contributed by atoms with Crippen LogP contribution in [0.4, 0.5) is 0 Å². The van der Waals surface area contributed by atoms with Gasteiger partial charge in [-0.05, 0) is 11.0 Å². The number of aromatic hydroxyl groups is 1. The molecule has 2 N–H and O–H groups in total. The van der Waals surface area contributed by atoms with Gasteiger partial charge < -0.3 is 14.8 Å². The van der Waals surface area contributed by atoms with E-state index in [-0.39, 0.29) is 17.2 Å². The highest BCUT2D eigenvalue weighted by Crippen LogP contribution is 2.32. The first-order valence-electron chi connectivity index (χ1n) is 6.97. The van der Waals surface area contributed by atoms with Crippen LogP contribution in [0.2, 0.25) is 0 Å². The molecule has 2 aromatic rings. The summed E-state index contributed by atoms with van der Waals surface area (Å²) in [6.07, 6.45) is 1.08. The third-order valence-electron chi connectivity index (χ3n) is 3.35. The Bertz CT molecular complexity index is 641. The van der Waals surface area contributed by atoms with Crippen molar-refractivity contribution in [2.75, 3.05) is 0 Å². The molecule has 0 aliphatic rings. The van der Waals surface area contributed by atoms with Crippen molar-refractivity contribution in [2.24, 2.45) is 5.41 Å². The van der Waals surface area contributed by atoms with Crippen molar-refractivity contribution in [1.29, 1.82) is 0 Å². The predicted octanol–water partition coefficient (Wildman–Crippen LogP) is 3.22. The fraction of sp³-hybridized carbons (Fsp3) is 0.353. The van der Waals surface area contributed by atoms with E-state index >= 15 is 0 Å². The lowest BCUT2D eigenvalue weighted by Gasteiger charge is -2.32. The zero-order chi connectivity index (χ0) is 15.5. The molecule has 4 heteroatoms. The van der Waals surface area contributed by atoms with Crippen LogP contribution in [0, 0.1) is 5.41 Å². The molecule has 0 amide bonds. The molecule has 0 saturated carbocycles. The maximum Gasteiger partial charge on any atom is 0.226 e. The quantitative estimate of drug-likeness (QED) is 0.906. The number of hydrogen-bond acceptors (Lipinski definition) is 4. The van der Waals surface area contributed by atoms with Crippen molar-refractivity contribution >= 4 is 0 Å². The van der Waals surface area contributed by atoms with E-state index in [1.165, 1.54) is 11.6 Å². The maximum atomic E-state index is 11.4.